The van der Waals surface area contributed by atoms with Gasteiger partial charge in [0.15, 0.2) is 0 Å². The van der Waals surface area contributed by atoms with Gasteiger partial charge in [-0.05, 0) is 42.6 Å². The van der Waals surface area contributed by atoms with Crippen molar-refractivity contribution < 1.29 is 4.74 Å². The predicted molar refractivity (Wildman–Crippen MR) is 71.0 cm³/mol. The van der Waals surface area contributed by atoms with Crippen molar-refractivity contribution in [3.05, 3.63) is 24.3 Å². The van der Waals surface area contributed by atoms with Gasteiger partial charge in [0.25, 0.3) is 0 Å². The summed E-state index contributed by atoms with van der Waals surface area (Å²) >= 11 is 1.83. The smallest absolute Gasteiger partial charge is 0.118 e. The third-order valence-electron chi connectivity index (χ3n) is 2.41. The van der Waals surface area contributed by atoms with E-state index in [1.807, 2.05) is 24.1 Å². The molecule has 0 aromatic heterocycles. The normalized spacial score (nSPS) is 10.8. The SMILES string of the molecule is CCCCN(CC)Sc1ccc(OC)cc1. The van der Waals surface area contributed by atoms with E-state index in [4.69, 9.17) is 4.74 Å². The zero-order valence-corrected chi connectivity index (χ0v) is 11.2. The Kier molecular flexibility index (Phi) is 6.34. The van der Waals surface area contributed by atoms with E-state index < -0.39 is 0 Å². The molecule has 0 atom stereocenters. The van der Waals surface area contributed by atoms with Crippen molar-refractivity contribution in [2.24, 2.45) is 0 Å². The van der Waals surface area contributed by atoms with Gasteiger partial charge in [0.2, 0.25) is 0 Å². The van der Waals surface area contributed by atoms with Gasteiger partial charge in [-0.1, -0.05) is 20.3 Å². The second kappa shape index (κ2) is 7.58. The van der Waals surface area contributed by atoms with Crippen molar-refractivity contribution in [1.29, 1.82) is 0 Å². The Morgan fingerprint density at radius 1 is 1.19 bits per heavy atom. The standard InChI is InChI=1S/C13H21NOS/c1-4-6-11-14(5-2)16-13-9-7-12(15-3)8-10-13/h7-10H,4-6,11H2,1-3H3. The van der Waals surface area contributed by atoms with Crippen LogP contribution in [0.2, 0.25) is 0 Å². The van der Waals surface area contributed by atoms with E-state index in [-0.39, 0.29) is 0 Å². The van der Waals surface area contributed by atoms with Gasteiger partial charge >= 0.3 is 0 Å². The van der Waals surface area contributed by atoms with E-state index in [9.17, 15) is 0 Å². The highest BCUT2D eigenvalue weighted by molar-refractivity contribution is 7.97. The summed E-state index contributed by atoms with van der Waals surface area (Å²) in [5.74, 6) is 0.918. The predicted octanol–water partition coefficient (Wildman–Crippen LogP) is 3.82. The highest BCUT2D eigenvalue weighted by Gasteiger charge is 2.04. The van der Waals surface area contributed by atoms with Crippen LogP contribution >= 0.6 is 11.9 Å². The molecule has 0 radical (unpaired) electrons. The highest BCUT2D eigenvalue weighted by Crippen LogP contribution is 2.24. The molecule has 16 heavy (non-hydrogen) atoms. The summed E-state index contributed by atoms with van der Waals surface area (Å²) in [7, 11) is 1.70. The molecule has 0 bridgehead atoms. The van der Waals surface area contributed by atoms with Crippen molar-refractivity contribution in [1.82, 2.24) is 4.31 Å². The van der Waals surface area contributed by atoms with Crippen molar-refractivity contribution in [3.63, 3.8) is 0 Å². The summed E-state index contributed by atoms with van der Waals surface area (Å²) in [4.78, 5) is 1.28. The van der Waals surface area contributed by atoms with Crippen LogP contribution in [0.25, 0.3) is 0 Å². The summed E-state index contributed by atoms with van der Waals surface area (Å²) in [5.41, 5.74) is 0. The fraction of sp³-hybridized carbons (Fsp3) is 0.538. The summed E-state index contributed by atoms with van der Waals surface area (Å²) in [6.07, 6.45) is 2.51. The Hall–Kier alpha value is -0.670. The first-order chi connectivity index (χ1) is 7.80. The molecule has 1 aromatic rings. The minimum absolute atomic E-state index is 0.918. The second-order valence-corrected chi connectivity index (χ2v) is 4.81. The lowest BCUT2D eigenvalue weighted by Crippen LogP contribution is -2.15. The minimum Gasteiger partial charge on any atom is -0.497 e. The van der Waals surface area contributed by atoms with E-state index in [0.29, 0.717) is 0 Å². The molecule has 2 nitrogen and oxygen atoms in total. The molecular weight excluding hydrogens is 218 g/mol. The number of benzene rings is 1. The average molecular weight is 239 g/mol. The van der Waals surface area contributed by atoms with Crippen LogP contribution in [0.3, 0.4) is 0 Å². The largest absolute Gasteiger partial charge is 0.497 e. The van der Waals surface area contributed by atoms with Crippen molar-refractivity contribution in [3.8, 4) is 5.75 Å². The highest BCUT2D eigenvalue weighted by atomic mass is 32.2. The van der Waals surface area contributed by atoms with Crippen molar-refractivity contribution >= 4 is 11.9 Å². The Morgan fingerprint density at radius 3 is 2.38 bits per heavy atom. The van der Waals surface area contributed by atoms with Crippen LogP contribution in [0.1, 0.15) is 26.7 Å². The molecule has 0 N–H and O–H groups in total. The first kappa shape index (κ1) is 13.4. The maximum Gasteiger partial charge on any atom is 0.118 e. The average Bonchev–Trinajstić information content (AvgIpc) is 2.35. The summed E-state index contributed by atoms with van der Waals surface area (Å²) in [5, 5.41) is 0. The topological polar surface area (TPSA) is 12.5 Å². The fourth-order valence-electron chi connectivity index (χ4n) is 1.39. The van der Waals surface area contributed by atoms with Crippen LogP contribution in [0, 0.1) is 0 Å². The quantitative estimate of drug-likeness (QED) is 0.671. The van der Waals surface area contributed by atoms with Gasteiger partial charge in [0, 0.05) is 18.0 Å². The molecule has 0 saturated carbocycles. The van der Waals surface area contributed by atoms with Gasteiger partial charge in [-0.3, -0.25) is 0 Å². The molecule has 0 fully saturated rings. The van der Waals surface area contributed by atoms with Gasteiger partial charge in [0.1, 0.15) is 5.75 Å². The summed E-state index contributed by atoms with van der Waals surface area (Å²) < 4.78 is 7.54. The van der Waals surface area contributed by atoms with E-state index in [0.717, 1.165) is 18.8 Å². The summed E-state index contributed by atoms with van der Waals surface area (Å²) in [6, 6.07) is 8.24. The van der Waals surface area contributed by atoms with Crippen LogP contribution in [0.5, 0.6) is 5.75 Å². The zero-order chi connectivity index (χ0) is 11.8. The van der Waals surface area contributed by atoms with E-state index >= 15 is 0 Å². The number of nitrogens with zero attached hydrogens (tertiary/aromatic N) is 1. The second-order valence-electron chi connectivity index (χ2n) is 3.64. The van der Waals surface area contributed by atoms with Gasteiger partial charge in [-0.15, -0.1) is 0 Å². The van der Waals surface area contributed by atoms with Crippen molar-refractivity contribution in [2.45, 2.75) is 31.6 Å². The Labute approximate surface area is 103 Å². The number of ether oxygens (including phenoxy) is 1. The third kappa shape index (κ3) is 4.45. The van der Waals surface area contributed by atoms with Gasteiger partial charge < -0.3 is 4.74 Å². The lowest BCUT2D eigenvalue weighted by Gasteiger charge is -2.18. The van der Waals surface area contributed by atoms with Crippen LogP contribution in [-0.4, -0.2) is 24.5 Å². The fourth-order valence-corrected chi connectivity index (χ4v) is 2.29. The van der Waals surface area contributed by atoms with Crippen LogP contribution in [-0.2, 0) is 0 Å². The molecule has 0 amide bonds. The molecule has 90 valence electrons. The molecular formula is C13H21NOS. The molecule has 0 spiro atoms. The van der Waals surface area contributed by atoms with E-state index in [1.165, 1.54) is 17.7 Å². The first-order valence-electron chi connectivity index (χ1n) is 5.87. The maximum absolute atomic E-state index is 5.14. The number of hydrogen-bond acceptors (Lipinski definition) is 3. The van der Waals surface area contributed by atoms with E-state index in [2.05, 4.69) is 30.3 Å². The lowest BCUT2D eigenvalue weighted by atomic mass is 10.3. The minimum atomic E-state index is 0.918. The number of rotatable bonds is 7. The van der Waals surface area contributed by atoms with Crippen LogP contribution in [0.4, 0.5) is 0 Å². The van der Waals surface area contributed by atoms with Gasteiger partial charge in [0.05, 0.1) is 7.11 Å². The molecule has 0 aliphatic rings. The molecule has 0 heterocycles. The summed E-state index contributed by atoms with van der Waals surface area (Å²) in [6.45, 7) is 6.67. The van der Waals surface area contributed by atoms with Gasteiger partial charge in [-0.25, -0.2) is 4.31 Å². The molecule has 0 aliphatic carbocycles. The molecule has 0 unspecified atom stereocenters. The maximum atomic E-state index is 5.14. The molecule has 3 heteroatoms. The molecule has 0 saturated heterocycles. The van der Waals surface area contributed by atoms with Crippen LogP contribution < -0.4 is 4.74 Å². The van der Waals surface area contributed by atoms with Gasteiger partial charge in [-0.2, -0.15) is 0 Å². The van der Waals surface area contributed by atoms with Crippen LogP contribution in [0.15, 0.2) is 29.2 Å². The molecule has 0 aliphatic heterocycles. The van der Waals surface area contributed by atoms with E-state index in [1.54, 1.807) is 7.11 Å². The number of methoxy groups -OCH3 is 1. The molecule has 1 rings (SSSR count). The lowest BCUT2D eigenvalue weighted by molar-refractivity contribution is 0.414. The zero-order valence-electron chi connectivity index (χ0n) is 10.4. The van der Waals surface area contributed by atoms with Crippen molar-refractivity contribution in [2.75, 3.05) is 20.2 Å². The Bertz CT molecular complexity index is 286. The molecule has 1 aromatic carbocycles. The number of unbranched alkanes of at least 4 members (excludes halogenated alkanes) is 1. The first-order valence-corrected chi connectivity index (χ1v) is 6.64. The Balaban J connectivity index is 2.49. The third-order valence-corrected chi connectivity index (χ3v) is 3.59. The number of hydrogen-bond donors (Lipinski definition) is 0. The Morgan fingerprint density at radius 2 is 1.88 bits per heavy atom. The monoisotopic (exact) mass is 239 g/mol.